The van der Waals surface area contributed by atoms with Gasteiger partial charge in [0.25, 0.3) is 11.8 Å². The van der Waals surface area contributed by atoms with Gasteiger partial charge in [-0.2, -0.15) is 0 Å². The van der Waals surface area contributed by atoms with E-state index in [1.807, 2.05) is 12.1 Å². The van der Waals surface area contributed by atoms with Gasteiger partial charge in [0.2, 0.25) is 0 Å². The number of fused-ring (bicyclic) bond motifs is 1. The number of amides is 2. The summed E-state index contributed by atoms with van der Waals surface area (Å²) in [4.78, 5) is 38.5. The SMILES string of the molecule is C=C1c2ccccc2C(=O)N1CCC(=O)OC(C)C(=O)Nc1ccc(OC)c(OC)c1. The van der Waals surface area contributed by atoms with Gasteiger partial charge >= 0.3 is 5.97 Å². The van der Waals surface area contributed by atoms with Crippen molar-refractivity contribution in [1.29, 1.82) is 0 Å². The molecule has 0 aliphatic carbocycles. The summed E-state index contributed by atoms with van der Waals surface area (Å²) in [6, 6.07) is 12.1. The van der Waals surface area contributed by atoms with Crippen molar-refractivity contribution in [3.63, 3.8) is 0 Å². The van der Waals surface area contributed by atoms with E-state index in [0.717, 1.165) is 5.56 Å². The van der Waals surface area contributed by atoms with E-state index in [9.17, 15) is 14.4 Å². The molecule has 1 heterocycles. The highest BCUT2D eigenvalue weighted by Crippen LogP contribution is 2.31. The quantitative estimate of drug-likeness (QED) is 0.655. The number of methoxy groups -OCH3 is 2. The van der Waals surface area contributed by atoms with Crippen molar-refractivity contribution in [3.05, 3.63) is 60.2 Å². The molecule has 3 rings (SSSR count). The highest BCUT2D eigenvalue weighted by atomic mass is 16.5. The van der Waals surface area contributed by atoms with E-state index in [0.29, 0.717) is 28.4 Å². The molecule has 1 unspecified atom stereocenters. The Bertz CT molecular complexity index is 997. The van der Waals surface area contributed by atoms with Crippen LogP contribution in [0.25, 0.3) is 5.70 Å². The molecule has 1 aliphatic heterocycles. The lowest BCUT2D eigenvalue weighted by Gasteiger charge is -2.18. The van der Waals surface area contributed by atoms with E-state index in [2.05, 4.69) is 11.9 Å². The Balaban J connectivity index is 1.52. The molecule has 0 radical (unpaired) electrons. The molecule has 0 fully saturated rings. The standard InChI is InChI=1S/C23H24N2O6/c1-14-17-7-5-6-8-18(17)23(28)25(14)12-11-21(26)31-15(2)22(27)24-16-9-10-19(29-3)20(13-16)30-4/h5-10,13,15H,1,11-12H2,2-4H3,(H,24,27). The smallest absolute Gasteiger partial charge is 0.308 e. The van der Waals surface area contributed by atoms with Crippen LogP contribution in [-0.4, -0.2) is 49.6 Å². The van der Waals surface area contributed by atoms with Gasteiger partial charge in [-0.25, -0.2) is 0 Å². The van der Waals surface area contributed by atoms with Gasteiger partial charge in [0.15, 0.2) is 17.6 Å². The number of hydrogen-bond acceptors (Lipinski definition) is 6. The fourth-order valence-electron chi connectivity index (χ4n) is 3.24. The number of ether oxygens (including phenoxy) is 3. The number of anilines is 1. The summed E-state index contributed by atoms with van der Waals surface area (Å²) in [6.45, 7) is 5.53. The Morgan fingerprint density at radius 2 is 1.74 bits per heavy atom. The summed E-state index contributed by atoms with van der Waals surface area (Å²) in [5, 5.41) is 2.67. The summed E-state index contributed by atoms with van der Waals surface area (Å²) in [7, 11) is 3.01. The first-order valence-electron chi connectivity index (χ1n) is 9.68. The number of benzene rings is 2. The van der Waals surface area contributed by atoms with Gasteiger partial charge in [0.1, 0.15) is 0 Å². The molecule has 0 saturated carbocycles. The number of rotatable bonds is 8. The highest BCUT2D eigenvalue weighted by Gasteiger charge is 2.31. The normalized spacial score (nSPS) is 13.5. The molecule has 1 atom stereocenters. The van der Waals surface area contributed by atoms with Gasteiger partial charge in [-0.15, -0.1) is 0 Å². The van der Waals surface area contributed by atoms with Crippen molar-refractivity contribution in [3.8, 4) is 11.5 Å². The molecule has 8 nitrogen and oxygen atoms in total. The first kappa shape index (κ1) is 21.9. The van der Waals surface area contributed by atoms with Gasteiger partial charge in [0, 0.05) is 35.1 Å². The van der Waals surface area contributed by atoms with E-state index >= 15 is 0 Å². The zero-order chi connectivity index (χ0) is 22.5. The number of nitrogens with zero attached hydrogens (tertiary/aromatic N) is 1. The molecule has 2 amide bonds. The number of esters is 1. The second-order valence-electron chi connectivity index (χ2n) is 6.89. The largest absolute Gasteiger partial charge is 0.493 e. The van der Waals surface area contributed by atoms with Gasteiger partial charge in [0.05, 0.1) is 20.6 Å². The third-order valence-electron chi connectivity index (χ3n) is 4.91. The third-order valence-corrected chi connectivity index (χ3v) is 4.91. The summed E-state index contributed by atoms with van der Waals surface area (Å²) in [5.41, 5.74) is 2.34. The lowest BCUT2D eigenvalue weighted by atomic mass is 10.1. The van der Waals surface area contributed by atoms with Crippen LogP contribution in [0.15, 0.2) is 49.0 Å². The van der Waals surface area contributed by atoms with E-state index in [-0.39, 0.29) is 18.9 Å². The van der Waals surface area contributed by atoms with Crippen LogP contribution in [0.2, 0.25) is 0 Å². The lowest BCUT2D eigenvalue weighted by Crippen LogP contribution is -2.32. The minimum absolute atomic E-state index is 0.0628. The van der Waals surface area contributed by atoms with Crippen molar-refractivity contribution in [1.82, 2.24) is 4.90 Å². The molecule has 1 N–H and O–H groups in total. The van der Waals surface area contributed by atoms with Crippen molar-refractivity contribution in [2.75, 3.05) is 26.1 Å². The van der Waals surface area contributed by atoms with Crippen LogP contribution in [0.4, 0.5) is 5.69 Å². The van der Waals surface area contributed by atoms with Crippen LogP contribution in [0.5, 0.6) is 11.5 Å². The summed E-state index contributed by atoms with van der Waals surface area (Å²) >= 11 is 0. The van der Waals surface area contributed by atoms with Crippen LogP contribution < -0.4 is 14.8 Å². The van der Waals surface area contributed by atoms with Crippen LogP contribution >= 0.6 is 0 Å². The minimum Gasteiger partial charge on any atom is -0.493 e. The topological polar surface area (TPSA) is 94.2 Å². The Morgan fingerprint density at radius 1 is 1.06 bits per heavy atom. The van der Waals surface area contributed by atoms with Crippen molar-refractivity contribution in [2.24, 2.45) is 0 Å². The fraction of sp³-hybridized carbons (Fsp3) is 0.261. The van der Waals surface area contributed by atoms with Crippen LogP contribution in [-0.2, 0) is 14.3 Å². The van der Waals surface area contributed by atoms with Crippen LogP contribution in [0.1, 0.15) is 29.3 Å². The van der Waals surface area contributed by atoms with E-state index in [1.54, 1.807) is 30.3 Å². The van der Waals surface area contributed by atoms with Crippen molar-refractivity contribution >= 4 is 29.2 Å². The summed E-state index contributed by atoms with van der Waals surface area (Å²) in [5.74, 6) is -0.296. The van der Waals surface area contributed by atoms with Crippen LogP contribution in [0, 0.1) is 0 Å². The number of carbonyl (C=O) groups excluding carboxylic acids is 3. The Kier molecular flexibility index (Phi) is 6.59. The van der Waals surface area contributed by atoms with Gasteiger partial charge in [-0.1, -0.05) is 24.8 Å². The van der Waals surface area contributed by atoms with Crippen molar-refractivity contribution in [2.45, 2.75) is 19.4 Å². The summed E-state index contributed by atoms with van der Waals surface area (Å²) in [6.07, 6.45) is -1.08. The molecule has 0 spiro atoms. The zero-order valence-corrected chi connectivity index (χ0v) is 17.6. The highest BCUT2D eigenvalue weighted by molar-refractivity contribution is 6.08. The molecular formula is C23H24N2O6. The second-order valence-corrected chi connectivity index (χ2v) is 6.89. The molecule has 162 valence electrons. The molecule has 31 heavy (non-hydrogen) atoms. The van der Waals surface area contributed by atoms with E-state index in [1.165, 1.54) is 26.0 Å². The molecule has 0 saturated heterocycles. The van der Waals surface area contributed by atoms with Crippen molar-refractivity contribution < 1.29 is 28.6 Å². The average molecular weight is 424 g/mol. The van der Waals surface area contributed by atoms with Gasteiger partial charge in [-0.3, -0.25) is 14.4 Å². The first-order valence-corrected chi connectivity index (χ1v) is 9.68. The van der Waals surface area contributed by atoms with Gasteiger partial charge < -0.3 is 24.4 Å². The molecule has 2 aromatic carbocycles. The Hall–Kier alpha value is -3.81. The second kappa shape index (κ2) is 9.34. The molecule has 2 aromatic rings. The van der Waals surface area contributed by atoms with Gasteiger partial charge in [-0.05, 0) is 25.1 Å². The predicted octanol–water partition coefficient (Wildman–Crippen LogP) is 3.09. The van der Waals surface area contributed by atoms with E-state index in [4.69, 9.17) is 14.2 Å². The zero-order valence-electron chi connectivity index (χ0n) is 17.6. The summed E-state index contributed by atoms with van der Waals surface area (Å²) < 4.78 is 15.6. The predicted molar refractivity (Wildman–Crippen MR) is 115 cm³/mol. The third kappa shape index (κ3) is 4.69. The molecule has 0 aromatic heterocycles. The number of hydrogen-bond donors (Lipinski definition) is 1. The minimum atomic E-state index is -1.02. The molecule has 0 bridgehead atoms. The monoisotopic (exact) mass is 424 g/mol. The molecular weight excluding hydrogens is 400 g/mol. The van der Waals surface area contributed by atoms with Crippen LogP contribution in [0.3, 0.4) is 0 Å². The maximum Gasteiger partial charge on any atom is 0.308 e. The lowest BCUT2D eigenvalue weighted by molar-refractivity contribution is -0.153. The first-order chi connectivity index (χ1) is 14.8. The maximum atomic E-state index is 12.5. The molecule has 8 heteroatoms. The average Bonchev–Trinajstić information content (AvgIpc) is 3.02. The Labute approximate surface area is 180 Å². The Morgan fingerprint density at radius 3 is 2.39 bits per heavy atom. The fourth-order valence-corrected chi connectivity index (χ4v) is 3.24. The maximum absolute atomic E-state index is 12.5. The van der Waals surface area contributed by atoms with E-state index < -0.39 is 18.0 Å². The number of carbonyl (C=O) groups is 3. The molecule has 1 aliphatic rings. The number of nitrogens with one attached hydrogen (secondary N) is 1.